The summed E-state index contributed by atoms with van der Waals surface area (Å²) in [5.74, 6) is 0.115. The molecule has 0 saturated carbocycles. The number of aliphatic hydroxyl groups is 1. The van der Waals surface area contributed by atoms with Gasteiger partial charge < -0.3 is 10.0 Å². The van der Waals surface area contributed by atoms with Crippen LogP contribution in [0.5, 0.6) is 0 Å². The number of hydrogen-bond acceptors (Lipinski definition) is 2. The molecule has 2 atom stereocenters. The maximum atomic E-state index is 12.7. The number of carbonyl (C=O) groups is 1. The van der Waals surface area contributed by atoms with E-state index in [1.165, 1.54) is 0 Å². The van der Waals surface area contributed by atoms with Crippen molar-refractivity contribution in [3.63, 3.8) is 0 Å². The van der Waals surface area contributed by atoms with Crippen LogP contribution in [0.1, 0.15) is 47.7 Å². The highest BCUT2D eigenvalue weighted by Gasteiger charge is 2.30. The van der Waals surface area contributed by atoms with Gasteiger partial charge in [0.05, 0.1) is 6.10 Å². The fraction of sp³-hybridized carbons (Fsp3) is 0.562. The van der Waals surface area contributed by atoms with Crippen molar-refractivity contribution in [2.24, 2.45) is 0 Å². The minimum atomic E-state index is -0.350. The minimum Gasteiger partial charge on any atom is -0.393 e. The Kier molecular flexibility index (Phi) is 4.25. The Morgan fingerprint density at radius 1 is 1.47 bits per heavy atom. The quantitative estimate of drug-likeness (QED) is 0.908. The number of likely N-dealkylation sites (tertiary alicyclic amines) is 1. The summed E-state index contributed by atoms with van der Waals surface area (Å²) < 4.78 is 0. The Labute approximate surface area is 115 Å². The fourth-order valence-electron chi connectivity index (χ4n) is 2.88. The molecule has 3 heteroatoms. The second kappa shape index (κ2) is 5.74. The van der Waals surface area contributed by atoms with E-state index in [2.05, 4.69) is 0 Å². The van der Waals surface area contributed by atoms with Gasteiger partial charge in [-0.2, -0.15) is 0 Å². The van der Waals surface area contributed by atoms with Crippen LogP contribution in [0.25, 0.3) is 0 Å². The van der Waals surface area contributed by atoms with Crippen molar-refractivity contribution >= 4 is 5.91 Å². The summed E-state index contributed by atoms with van der Waals surface area (Å²) in [6, 6.07) is 6.06. The van der Waals surface area contributed by atoms with Gasteiger partial charge in [-0.25, -0.2) is 0 Å². The lowest BCUT2D eigenvalue weighted by Crippen LogP contribution is -2.37. The van der Waals surface area contributed by atoms with Gasteiger partial charge >= 0.3 is 0 Å². The molecule has 19 heavy (non-hydrogen) atoms. The minimum absolute atomic E-state index is 0.115. The van der Waals surface area contributed by atoms with Gasteiger partial charge in [-0.1, -0.05) is 12.1 Å². The van der Waals surface area contributed by atoms with E-state index in [4.69, 9.17) is 0 Å². The van der Waals surface area contributed by atoms with Crippen LogP contribution < -0.4 is 0 Å². The van der Waals surface area contributed by atoms with Crippen molar-refractivity contribution in [2.75, 3.05) is 6.54 Å². The van der Waals surface area contributed by atoms with Gasteiger partial charge in [-0.05, 0) is 57.2 Å². The van der Waals surface area contributed by atoms with Crippen molar-refractivity contribution in [3.8, 4) is 0 Å². The number of benzene rings is 1. The van der Waals surface area contributed by atoms with Crippen molar-refractivity contribution in [1.82, 2.24) is 4.90 Å². The third-order valence-electron chi connectivity index (χ3n) is 4.09. The molecule has 1 saturated heterocycles. The third-order valence-corrected chi connectivity index (χ3v) is 4.09. The fourth-order valence-corrected chi connectivity index (χ4v) is 2.88. The van der Waals surface area contributed by atoms with Gasteiger partial charge in [0, 0.05) is 18.2 Å². The van der Waals surface area contributed by atoms with Crippen LogP contribution in [0, 0.1) is 13.8 Å². The van der Waals surface area contributed by atoms with Crippen LogP contribution in [-0.2, 0) is 0 Å². The third kappa shape index (κ3) is 2.98. The van der Waals surface area contributed by atoms with Crippen LogP contribution in [0.2, 0.25) is 0 Å². The molecular weight excluding hydrogens is 238 g/mol. The molecule has 1 fully saturated rings. The highest BCUT2D eigenvalue weighted by molar-refractivity contribution is 5.96. The second-order valence-electron chi connectivity index (χ2n) is 5.63. The first-order valence-corrected chi connectivity index (χ1v) is 7.06. The van der Waals surface area contributed by atoms with Crippen molar-refractivity contribution in [3.05, 3.63) is 34.9 Å². The Bertz CT molecular complexity index is 468. The molecule has 3 nitrogen and oxygen atoms in total. The zero-order chi connectivity index (χ0) is 14.0. The Morgan fingerprint density at radius 3 is 2.89 bits per heavy atom. The number of hydrogen-bond donors (Lipinski definition) is 1. The molecule has 1 heterocycles. The number of rotatable bonds is 3. The van der Waals surface area contributed by atoms with Crippen LogP contribution in [0.4, 0.5) is 0 Å². The first-order valence-electron chi connectivity index (χ1n) is 7.06. The van der Waals surface area contributed by atoms with E-state index in [0.717, 1.165) is 36.1 Å². The summed E-state index contributed by atoms with van der Waals surface area (Å²) in [6.45, 7) is 6.63. The predicted molar refractivity (Wildman–Crippen MR) is 76.3 cm³/mol. The monoisotopic (exact) mass is 261 g/mol. The zero-order valence-electron chi connectivity index (χ0n) is 12.0. The maximum Gasteiger partial charge on any atom is 0.254 e. The lowest BCUT2D eigenvalue weighted by molar-refractivity contribution is 0.0681. The lowest BCUT2D eigenvalue weighted by atomic mass is 10.0. The molecule has 2 unspecified atom stereocenters. The summed E-state index contributed by atoms with van der Waals surface area (Å²) in [7, 11) is 0. The first kappa shape index (κ1) is 14.1. The number of aliphatic hydroxyl groups excluding tert-OH is 1. The molecule has 104 valence electrons. The van der Waals surface area contributed by atoms with Crippen molar-refractivity contribution in [1.29, 1.82) is 0 Å². The van der Waals surface area contributed by atoms with Crippen LogP contribution in [-0.4, -0.2) is 34.6 Å². The molecule has 1 N–H and O–H groups in total. The summed E-state index contributed by atoms with van der Waals surface area (Å²) in [5.41, 5.74) is 3.02. The van der Waals surface area contributed by atoms with Gasteiger partial charge in [0.1, 0.15) is 0 Å². The van der Waals surface area contributed by atoms with Crippen LogP contribution >= 0.6 is 0 Å². The second-order valence-corrected chi connectivity index (χ2v) is 5.63. The molecule has 2 rings (SSSR count). The van der Waals surface area contributed by atoms with Gasteiger partial charge in [0.2, 0.25) is 0 Å². The molecule has 1 aromatic rings. The maximum absolute atomic E-state index is 12.7. The topological polar surface area (TPSA) is 40.5 Å². The van der Waals surface area contributed by atoms with Crippen LogP contribution in [0.15, 0.2) is 18.2 Å². The highest BCUT2D eigenvalue weighted by atomic mass is 16.3. The summed E-state index contributed by atoms with van der Waals surface area (Å²) in [5, 5.41) is 9.54. The molecular formula is C16H23NO2. The van der Waals surface area contributed by atoms with E-state index in [1.807, 2.05) is 36.9 Å². The Hall–Kier alpha value is -1.35. The molecule has 1 aromatic carbocycles. The molecule has 0 radical (unpaired) electrons. The van der Waals surface area contributed by atoms with Gasteiger partial charge in [0.15, 0.2) is 0 Å². The van der Waals surface area contributed by atoms with Gasteiger partial charge in [-0.15, -0.1) is 0 Å². The van der Waals surface area contributed by atoms with E-state index < -0.39 is 0 Å². The molecule has 1 aliphatic rings. The number of nitrogens with zero attached hydrogens (tertiary/aromatic N) is 1. The number of aryl methyl sites for hydroxylation is 1. The van der Waals surface area contributed by atoms with Crippen LogP contribution in [0.3, 0.4) is 0 Å². The Morgan fingerprint density at radius 2 is 2.21 bits per heavy atom. The summed E-state index contributed by atoms with van der Waals surface area (Å²) in [6.07, 6.45) is 2.36. The number of carbonyl (C=O) groups excluding carboxylic acids is 1. The SMILES string of the molecule is Cc1cccc(C(=O)N2CCCC2CC(C)O)c1C. The first-order chi connectivity index (χ1) is 9.00. The predicted octanol–water partition coefficient (Wildman–Crippen LogP) is 2.68. The molecule has 0 spiro atoms. The van der Waals surface area contributed by atoms with E-state index in [9.17, 15) is 9.90 Å². The molecule has 1 aliphatic heterocycles. The smallest absolute Gasteiger partial charge is 0.254 e. The molecule has 0 bridgehead atoms. The summed E-state index contributed by atoms with van der Waals surface area (Å²) in [4.78, 5) is 14.6. The molecule has 1 amide bonds. The molecule has 0 aliphatic carbocycles. The van der Waals surface area contributed by atoms with E-state index in [0.29, 0.717) is 6.42 Å². The Balaban J connectivity index is 2.21. The van der Waals surface area contributed by atoms with Crippen molar-refractivity contribution in [2.45, 2.75) is 52.2 Å². The van der Waals surface area contributed by atoms with E-state index >= 15 is 0 Å². The summed E-state index contributed by atoms with van der Waals surface area (Å²) >= 11 is 0. The highest BCUT2D eigenvalue weighted by Crippen LogP contribution is 2.25. The van der Waals surface area contributed by atoms with Gasteiger partial charge in [-0.3, -0.25) is 4.79 Å². The molecule has 0 aromatic heterocycles. The largest absolute Gasteiger partial charge is 0.393 e. The lowest BCUT2D eigenvalue weighted by Gasteiger charge is -2.26. The average Bonchev–Trinajstić information content (AvgIpc) is 2.79. The van der Waals surface area contributed by atoms with Gasteiger partial charge in [0.25, 0.3) is 5.91 Å². The average molecular weight is 261 g/mol. The normalized spacial score (nSPS) is 20.6. The van der Waals surface area contributed by atoms with Crippen molar-refractivity contribution < 1.29 is 9.90 Å². The number of amides is 1. The van der Waals surface area contributed by atoms with E-state index in [1.54, 1.807) is 6.92 Å². The van der Waals surface area contributed by atoms with E-state index in [-0.39, 0.29) is 18.1 Å². The zero-order valence-corrected chi connectivity index (χ0v) is 12.0. The standard InChI is InChI=1S/C16H23NO2/c1-11-6-4-8-15(13(11)3)16(19)17-9-5-7-14(17)10-12(2)18/h4,6,8,12,14,18H,5,7,9-10H2,1-3H3.